The Balaban J connectivity index is 2.55. The van der Waals surface area contributed by atoms with Crippen LogP contribution in [0.1, 0.15) is 12.5 Å². The fraction of sp³-hybridized carbons (Fsp3) is 0.364. The van der Waals surface area contributed by atoms with Crippen LogP contribution >= 0.6 is 0 Å². The van der Waals surface area contributed by atoms with Crippen LogP contribution in [-0.2, 0) is 21.2 Å². The van der Waals surface area contributed by atoms with Crippen LogP contribution in [0.3, 0.4) is 0 Å². The van der Waals surface area contributed by atoms with Gasteiger partial charge >= 0.3 is 0 Å². The molecule has 0 bridgehead atoms. The van der Waals surface area contributed by atoms with Gasteiger partial charge in [0.2, 0.25) is 15.9 Å². The van der Waals surface area contributed by atoms with Crippen molar-refractivity contribution in [2.45, 2.75) is 18.2 Å². The number of rotatable bonds is 1. The summed E-state index contributed by atoms with van der Waals surface area (Å²) >= 11 is 0. The third kappa shape index (κ3) is 2.05. The molecule has 1 aliphatic heterocycles. The number of anilines is 1. The van der Waals surface area contributed by atoms with Crippen LogP contribution in [0.4, 0.5) is 5.69 Å². The topological polar surface area (TPSA) is 80.5 Å². The Kier molecular flexibility index (Phi) is 2.71. The third-order valence-electron chi connectivity index (χ3n) is 3.02. The number of hydrogen-bond donors (Lipinski definition) is 1. The van der Waals surface area contributed by atoms with Gasteiger partial charge in [0.05, 0.1) is 4.90 Å². The Morgan fingerprint density at radius 1 is 1.41 bits per heavy atom. The van der Waals surface area contributed by atoms with Crippen molar-refractivity contribution in [2.24, 2.45) is 11.1 Å². The van der Waals surface area contributed by atoms with Crippen molar-refractivity contribution in [3.8, 4) is 0 Å². The van der Waals surface area contributed by atoms with Crippen molar-refractivity contribution in [1.29, 1.82) is 0 Å². The molecule has 0 aromatic heterocycles. The molecule has 6 heteroatoms. The third-order valence-corrected chi connectivity index (χ3v) is 3.93. The van der Waals surface area contributed by atoms with E-state index in [4.69, 9.17) is 5.14 Å². The van der Waals surface area contributed by atoms with E-state index in [9.17, 15) is 13.2 Å². The lowest BCUT2D eigenvalue weighted by Crippen LogP contribution is -2.37. The smallest absolute Gasteiger partial charge is 0.238 e. The van der Waals surface area contributed by atoms with E-state index < -0.39 is 10.0 Å². The second kappa shape index (κ2) is 3.82. The van der Waals surface area contributed by atoms with E-state index in [-0.39, 0.29) is 16.7 Å². The number of fused-ring (bicyclic) bond motifs is 1. The van der Waals surface area contributed by atoms with Gasteiger partial charge in [0.25, 0.3) is 0 Å². The minimum absolute atomic E-state index is 0.0425. The summed E-state index contributed by atoms with van der Waals surface area (Å²) in [5.74, 6) is -0.0934. The molecule has 2 rings (SSSR count). The summed E-state index contributed by atoms with van der Waals surface area (Å²) in [6.45, 7) is 1.82. The zero-order valence-corrected chi connectivity index (χ0v) is 10.5. The molecule has 0 radical (unpaired) electrons. The number of amides is 1. The fourth-order valence-corrected chi connectivity index (χ4v) is 2.66. The maximum atomic E-state index is 11.8. The summed E-state index contributed by atoms with van der Waals surface area (Å²) in [5, 5.41) is 5.08. The fourth-order valence-electron chi connectivity index (χ4n) is 2.10. The van der Waals surface area contributed by atoms with E-state index in [1.165, 1.54) is 6.07 Å². The van der Waals surface area contributed by atoms with Crippen molar-refractivity contribution in [1.82, 2.24) is 0 Å². The molecule has 1 aromatic carbocycles. The van der Waals surface area contributed by atoms with Crippen LogP contribution in [-0.4, -0.2) is 21.4 Å². The number of sulfonamides is 1. The quantitative estimate of drug-likeness (QED) is 0.792. The van der Waals surface area contributed by atoms with Crippen LogP contribution in [0.5, 0.6) is 0 Å². The van der Waals surface area contributed by atoms with Gasteiger partial charge in [-0.15, -0.1) is 0 Å². The maximum absolute atomic E-state index is 11.8. The standard InChI is InChI=1S/C11H14N2O3S/c1-7-5-8-6-9(17(12,15)16)3-4-10(8)13(2)11(7)14/h3-4,6-7H,5H2,1-2H3,(H2,12,15,16). The number of carbonyl (C=O) groups excluding carboxylic acids is 1. The highest BCUT2D eigenvalue weighted by molar-refractivity contribution is 7.89. The van der Waals surface area contributed by atoms with Crippen molar-refractivity contribution in [2.75, 3.05) is 11.9 Å². The molecule has 1 unspecified atom stereocenters. The summed E-state index contributed by atoms with van der Waals surface area (Å²) < 4.78 is 22.5. The highest BCUT2D eigenvalue weighted by atomic mass is 32.2. The Labute approximate surface area is 100 Å². The number of primary sulfonamides is 1. The van der Waals surface area contributed by atoms with Gasteiger partial charge in [0.15, 0.2) is 0 Å². The van der Waals surface area contributed by atoms with Gasteiger partial charge in [-0.05, 0) is 30.2 Å². The van der Waals surface area contributed by atoms with Crippen LogP contribution in [0, 0.1) is 5.92 Å². The summed E-state index contributed by atoms with van der Waals surface area (Å²) in [5.41, 5.74) is 1.59. The SMILES string of the molecule is CC1Cc2cc(S(N)(=O)=O)ccc2N(C)C1=O. The predicted molar refractivity (Wildman–Crippen MR) is 64.1 cm³/mol. The number of carbonyl (C=O) groups is 1. The van der Waals surface area contributed by atoms with E-state index in [0.29, 0.717) is 6.42 Å². The average Bonchev–Trinajstić information content (AvgIpc) is 2.24. The van der Waals surface area contributed by atoms with Crippen molar-refractivity contribution in [3.05, 3.63) is 23.8 Å². The van der Waals surface area contributed by atoms with Crippen LogP contribution in [0.2, 0.25) is 0 Å². The van der Waals surface area contributed by atoms with E-state index in [1.807, 2.05) is 6.92 Å². The average molecular weight is 254 g/mol. The van der Waals surface area contributed by atoms with Gasteiger partial charge in [0.1, 0.15) is 0 Å². The van der Waals surface area contributed by atoms with Crippen LogP contribution < -0.4 is 10.0 Å². The Bertz CT molecular complexity index is 580. The van der Waals surface area contributed by atoms with Crippen molar-refractivity contribution < 1.29 is 13.2 Å². The number of nitrogens with zero attached hydrogens (tertiary/aromatic N) is 1. The molecule has 0 aliphatic carbocycles. The summed E-state index contributed by atoms with van der Waals surface area (Å²) in [7, 11) is -2.00. The molecule has 1 atom stereocenters. The Morgan fingerprint density at radius 2 is 2.06 bits per heavy atom. The highest BCUT2D eigenvalue weighted by Crippen LogP contribution is 2.30. The molecule has 1 amide bonds. The van der Waals surface area contributed by atoms with E-state index >= 15 is 0 Å². The van der Waals surface area contributed by atoms with Gasteiger partial charge in [0, 0.05) is 18.7 Å². The molecule has 92 valence electrons. The van der Waals surface area contributed by atoms with Crippen LogP contribution in [0.15, 0.2) is 23.1 Å². The zero-order chi connectivity index (χ0) is 12.8. The molecule has 1 aromatic rings. The predicted octanol–water partition coefficient (Wildman–Crippen LogP) is 0.489. The summed E-state index contributed by atoms with van der Waals surface area (Å²) in [6.07, 6.45) is 0.544. The highest BCUT2D eigenvalue weighted by Gasteiger charge is 2.28. The lowest BCUT2D eigenvalue weighted by atomic mass is 9.93. The number of hydrogen-bond acceptors (Lipinski definition) is 3. The molecule has 0 fully saturated rings. The molecule has 2 N–H and O–H groups in total. The van der Waals surface area contributed by atoms with Crippen LogP contribution in [0.25, 0.3) is 0 Å². The van der Waals surface area contributed by atoms with Gasteiger partial charge in [-0.3, -0.25) is 4.79 Å². The first-order valence-electron chi connectivity index (χ1n) is 5.24. The van der Waals surface area contributed by atoms with Gasteiger partial charge in [-0.1, -0.05) is 6.92 Å². The van der Waals surface area contributed by atoms with E-state index in [0.717, 1.165) is 11.3 Å². The zero-order valence-electron chi connectivity index (χ0n) is 9.67. The Morgan fingerprint density at radius 3 is 2.65 bits per heavy atom. The molecule has 1 aliphatic rings. The lowest BCUT2D eigenvalue weighted by Gasteiger charge is -2.30. The van der Waals surface area contributed by atoms with Gasteiger partial charge in [-0.25, -0.2) is 13.6 Å². The largest absolute Gasteiger partial charge is 0.315 e. The first-order chi connectivity index (χ1) is 7.80. The summed E-state index contributed by atoms with van der Waals surface area (Å²) in [6, 6.07) is 4.59. The molecular formula is C11H14N2O3S. The monoisotopic (exact) mass is 254 g/mol. The second-order valence-corrected chi connectivity index (χ2v) is 5.90. The maximum Gasteiger partial charge on any atom is 0.238 e. The Hall–Kier alpha value is -1.40. The summed E-state index contributed by atoms with van der Waals surface area (Å²) in [4.78, 5) is 13.4. The minimum atomic E-state index is -3.69. The molecule has 0 saturated heterocycles. The first-order valence-corrected chi connectivity index (χ1v) is 6.78. The molecule has 0 spiro atoms. The van der Waals surface area contributed by atoms with E-state index in [2.05, 4.69) is 0 Å². The van der Waals surface area contributed by atoms with E-state index in [1.54, 1.807) is 24.1 Å². The second-order valence-electron chi connectivity index (χ2n) is 4.34. The minimum Gasteiger partial charge on any atom is -0.315 e. The van der Waals surface area contributed by atoms with Gasteiger partial charge < -0.3 is 4.90 Å². The first kappa shape index (κ1) is 12.1. The van der Waals surface area contributed by atoms with Crippen molar-refractivity contribution in [3.63, 3.8) is 0 Å². The molecule has 17 heavy (non-hydrogen) atoms. The molecule has 1 heterocycles. The van der Waals surface area contributed by atoms with Crippen molar-refractivity contribution >= 4 is 21.6 Å². The molecular weight excluding hydrogens is 240 g/mol. The number of nitrogens with two attached hydrogens (primary N) is 1. The number of benzene rings is 1. The lowest BCUT2D eigenvalue weighted by molar-refractivity contribution is -0.121. The van der Waals surface area contributed by atoms with Gasteiger partial charge in [-0.2, -0.15) is 0 Å². The molecule has 0 saturated carbocycles. The normalized spacial score (nSPS) is 20.3. The molecule has 5 nitrogen and oxygen atoms in total.